The molecule has 4 heteroatoms. The molecule has 0 aromatic carbocycles. The number of aryl methyl sites for hydroxylation is 1. The maximum absolute atomic E-state index is 5.51. The van der Waals surface area contributed by atoms with Crippen molar-refractivity contribution in [2.45, 2.75) is 52.0 Å². The lowest BCUT2D eigenvalue weighted by Gasteiger charge is -2.35. The van der Waals surface area contributed by atoms with E-state index in [4.69, 9.17) is 4.74 Å². The molecule has 2 rings (SSSR count). The van der Waals surface area contributed by atoms with Crippen molar-refractivity contribution in [1.82, 2.24) is 15.1 Å². The summed E-state index contributed by atoms with van der Waals surface area (Å²) in [4.78, 5) is 0. The molecule has 1 fully saturated rings. The molecule has 1 heterocycles. The number of hydrogen-bond acceptors (Lipinski definition) is 3. The van der Waals surface area contributed by atoms with E-state index in [2.05, 4.69) is 24.3 Å². The van der Waals surface area contributed by atoms with Gasteiger partial charge in [0, 0.05) is 7.05 Å². The summed E-state index contributed by atoms with van der Waals surface area (Å²) in [5.74, 6) is 2.49. The van der Waals surface area contributed by atoms with Gasteiger partial charge in [-0.25, -0.2) is 0 Å². The van der Waals surface area contributed by atoms with E-state index in [1.165, 1.54) is 37.8 Å². The van der Waals surface area contributed by atoms with Crippen molar-refractivity contribution in [3.05, 3.63) is 11.9 Å². The van der Waals surface area contributed by atoms with Crippen molar-refractivity contribution in [3.8, 4) is 5.75 Å². The van der Waals surface area contributed by atoms with Gasteiger partial charge in [-0.2, -0.15) is 5.10 Å². The second-order valence-electron chi connectivity index (χ2n) is 5.96. The molecular formula is C16H29N3O. The second kappa shape index (κ2) is 7.11. The van der Waals surface area contributed by atoms with Crippen molar-refractivity contribution in [2.24, 2.45) is 18.9 Å². The lowest BCUT2D eigenvalue weighted by atomic mass is 9.76. The molecule has 1 saturated carbocycles. The topological polar surface area (TPSA) is 39.1 Å². The predicted octanol–water partition coefficient (Wildman–Crippen LogP) is 3.30. The van der Waals surface area contributed by atoms with Crippen molar-refractivity contribution in [3.63, 3.8) is 0 Å². The highest BCUT2D eigenvalue weighted by atomic mass is 16.5. The van der Waals surface area contributed by atoms with E-state index in [1.807, 2.05) is 17.9 Å². The molecule has 3 unspecified atom stereocenters. The first-order chi connectivity index (χ1) is 9.71. The van der Waals surface area contributed by atoms with Crippen LogP contribution in [0, 0.1) is 11.8 Å². The van der Waals surface area contributed by atoms with Crippen LogP contribution in [0.25, 0.3) is 0 Å². The van der Waals surface area contributed by atoms with Gasteiger partial charge in [0.05, 0.1) is 25.0 Å². The number of hydrogen-bond donors (Lipinski definition) is 1. The summed E-state index contributed by atoms with van der Waals surface area (Å²) < 4.78 is 7.49. The van der Waals surface area contributed by atoms with Gasteiger partial charge >= 0.3 is 0 Å². The van der Waals surface area contributed by atoms with Crippen molar-refractivity contribution in [1.29, 1.82) is 0 Å². The average molecular weight is 279 g/mol. The maximum atomic E-state index is 5.51. The van der Waals surface area contributed by atoms with Crippen LogP contribution in [-0.2, 0) is 7.05 Å². The molecule has 4 nitrogen and oxygen atoms in total. The third-order valence-electron chi connectivity index (χ3n) is 4.76. The van der Waals surface area contributed by atoms with Crippen molar-refractivity contribution in [2.75, 3.05) is 13.7 Å². The Bertz CT molecular complexity index is 416. The third-order valence-corrected chi connectivity index (χ3v) is 4.76. The molecule has 1 aromatic rings. The van der Waals surface area contributed by atoms with Crippen molar-refractivity contribution >= 4 is 0 Å². The molecule has 3 atom stereocenters. The highest BCUT2D eigenvalue weighted by Gasteiger charge is 2.32. The SMILES string of the molecule is CCNC(c1c(OC)cnn1C)C1CCCC(CC)C1. The molecule has 0 saturated heterocycles. The van der Waals surface area contributed by atoms with Crippen LogP contribution < -0.4 is 10.1 Å². The number of ether oxygens (including phenoxy) is 1. The van der Waals surface area contributed by atoms with Gasteiger partial charge in [0.2, 0.25) is 0 Å². The maximum Gasteiger partial charge on any atom is 0.161 e. The largest absolute Gasteiger partial charge is 0.493 e. The zero-order chi connectivity index (χ0) is 14.5. The fourth-order valence-corrected chi connectivity index (χ4v) is 3.65. The van der Waals surface area contributed by atoms with Gasteiger partial charge in [0.25, 0.3) is 0 Å². The predicted molar refractivity (Wildman–Crippen MR) is 81.9 cm³/mol. The van der Waals surface area contributed by atoms with Crippen LogP contribution in [-0.4, -0.2) is 23.4 Å². The first kappa shape index (κ1) is 15.4. The standard InChI is InChI=1S/C16H29N3O/c1-5-12-8-7-9-13(10-12)15(17-6-2)16-14(20-4)11-18-19(16)3/h11-13,15,17H,5-10H2,1-4H3. The van der Waals surface area contributed by atoms with Gasteiger partial charge in [-0.1, -0.05) is 33.1 Å². The summed E-state index contributed by atoms with van der Waals surface area (Å²) >= 11 is 0. The van der Waals surface area contributed by atoms with E-state index >= 15 is 0 Å². The van der Waals surface area contributed by atoms with E-state index in [1.54, 1.807) is 7.11 Å². The van der Waals surface area contributed by atoms with Gasteiger partial charge in [-0.05, 0) is 31.2 Å². The molecule has 0 amide bonds. The minimum Gasteiger partial charge on any atom is -0.493 e. The van der Waals surface area contributed by atoms with Crippen LogP contribution in [0.1, 0.15) is 57.7 Å². The summed E-state index contributed by atoms with van der Waals surface area (Å²) in [6.07, 6.45) is 8.52. The van der Waals surface area contributed by atoms with E-state index < -0.39 is 0 Å². The minimum absolute atomic E-state index is 0.358. The fraction of sp³-hybridized carbons (Fsp3) is 0.812. The average Bonchev–Trinajstić information content (AvgIpc) is 2.85. The number of methoxy groups -OCH3 is 1. The van der Waals surface area contributed by atoms with E-state index in [0.717, 1.165) is 18.2 Å². The summed E-state index contributed by atoms with van der Waals surface area (Å²) in [6, 6.07) is 0.358. The van der Waals surface area contributed by atoms with Gasteiger partial charge in [-0.15, -0.1) is 0 Å². The van der Waals surface area contributed by atoms with Crippen molar-refractivity contribution < 1.29 is 4.74 Å². The number of aromatic nitrogens is 2. The molecule has 0 aliphatic heterocycles. The highest BCUT2D eigenvalue weighted by molar-refractivity contribution is 5.29. The van der Waals surface area contributed by atoms with Crippen LogP contribution in [0.4, 0.5) is 0 Å². The van der Waals surface area contributed by atoms with E-state index in [0.29, 0.717) is 12.0 Å². The molecule has 1 aliphatic rings. The van der Waals surface area contributed by atoms with Crippen LogP contribution in [0.2, 0.25) is 0 Å². The Morgan fingerprint density at radius 3 is 2.90 bits per heavy atom. The van der Waals surface area contributed by atoms with Gasteiger partial charge < -0.3 is 10.1 Å². The summed E-state index contributed by atoms with van der Waals surface area (Å²) in [5.41, 5.74) is 1.20. The number of nitrogens with zero attached hydrogens (tertiary/aromatic N) is 2. The lowest BCUT2D eigenvalue weighted by molar-refractivity contribution is 0.203. The molecule has 20 heavy (non-hydrogen) atoms. The Hall–Kier alpha value is -1.03. The van der Waals surface area contributed by atoms with Crippen LogP contribution in [0.15, 0.2) is 6.20 Å². The normalized spacial score (nSPS) is 24.6. The zero-order valence-corrected chi connectivity index (χ0v) is 13.4. The van der Waals surface area contributed by atoms with Crippen LogP contribution >= 0.6 is 0 Å². The Labute approximate surface area is 122 Å². The van der Waals surface area contributed by atoms with E-state index in [9.17, 15) is 0 Å². The Morgan fingerprint density at radius 1 is 1.45 bits per heavy atom. The van der Waals surface area contributed by atoms with E-state index in [-0.39, 0.29) is 0 Å². The lowest BCUT2D eigenvalue weighted by Crippen LogP contribution is -2.33. The minimum atomic E-state index is 0.358. The molecule has 114 valence electrons. The highest BCUT2D eigenvalue weighted by Crippen LogP contribution is 2.40. The number of rotatable bonds is 6. The molecule has 1 aromatic heterocycles. The Balaban J connectivity index is 2.23. The van der Waals surface area contributed by atoms with Gasteiger partial charge in [0.15, 0.2) is 5.75 Å². The molecule has 0 radical (unpaired) electrons. The third kappa shape index (κ3) is 3.17. The van der Waals surface area contributed by atoms with Gasteiger partial charge in [-0.3, -0.25) is 4.68 Å². The monoisotopic (exact) mass is 279 g/mol. The fourth-order valence-electron chi connectivity index (χ4n) is 3.65. The summed E-state index contributed by atoms with van der Waals surface area (Å²) in [7, 11) is 3.75. The zero-order valence-electron chi connectivity index (χ0n) is 13.4. The van der Waals surface area contributed by atoms with Gasteiger partial charge in [0.1, 0.15) is 0 Å². The molecule has 1 aliphatic carbocycles. The Kier molecular flexibility index (Phi) is 5.46. The van der Waals surface area contributed by atoms with Crippen LogP contribution in [0.3, 0.4) is 0 Å². The first-order valence-corrected chi connectivity index (χ1v) is 8.00. The first-order valence-electron chi connectivity index (χ1n) is 8.00. The van der Waals surface area contributed by atoms with Crippen LogP contribution in [0.5, 0.6) is 5.75 Å². The smallest absolute Gasteiger partial charge is 0.161 e. The molecule has 0 bridgehead atoms. The molecule has 0 spiro atoms. The molecule has 1 N–H and O–H groups in total. The molecular weight excluding hydrogens is 250 g/mol. The quantitative estimate of drug-likeness (QED) is 0.868. The summed E-state index contributed by atoms with van der Waals surface area (Å²) in [6.45, 7) is 5.47. The Morgan fingerprint density at radius 2 is 2.25 bits per heavy atom. The second-order valence-corrected chi connectivity index (χ2v) is 5.96. The number of nitrogens with one attached hydrogen (secondary N) is 1. The summed E-state index contributed by atoms with van der Waals surface area (Å²) in [5, 5.41) is 8.05.